The second-order valence-electron chi connectivity index (χ2n) is 5.65. The van der Waals surface area contributed by atoms with Crippen LogP contribution in [0.3, 0.4) is 0 Å². The number of nitrogens with zero attached hydrogens (tertiary/aromatic N) is 3. The minimum atomic E-state index is -0.260. The number of rotatable bonds is 7. The SMILES string of the molecule is CCOc1cccc(C=NNC(=O)CSc2nc3ccccc3n2C)c1O. The van der Waals surface area contributed by atoms with Gasteiger partial charge in [-0.3, -0.25) is 4.79 Å². The van der Waals surface area contributed by atoms with Crippen molar-refractivity contribution in [3.8, 4) is 11.5 Å². The van der Waals surface area contributed by atoms with Crippen molar-refractivity contribution < 1.29 is 14.6 Å². The van der Waals surface area contributed by atoms with E-state index >= 15 is 0 Å². The quantitative estimate of drug-likeness (QED) is 0.371. The molecule has 3 rings (SSSR count). The van der Waals surface area contributed by atoms with Crippen molar-refractivity contribution in [1.29, 1.82) is 0 Å². The van der Waals surface area contributed by atoms with Crippen LogP contribution in [0.1, 0.15) is 12.5 Å². The van der Waals surface area contributed by atoms with Crippen molar-refractivity contribution >= 4 is 34.9 Å². The van der Waals surface area contributed by atoms with Gasteiger partial charge >= 0.3 is 0 Å². The Labute approximate surface area is 161 Å². The Bertz CT molecular complexity index is 984. The molecular formula is C19H20N4O3S. The van der Waals surface area contributed by atoms with Crippen LogP contribution in [0.25, 0.3) is 11.0 Å². The van der Waals surface area contributed by atoms with Crippen molar-refractivity contribution in [2.24, 2.45) is 12.1 Å². The molecule has 7 nitrogen and oxygen atoms in total. The third-order valence-electron chi connectivity index (χ3n) is 3.80. The molecule has 1 amide bonds. The molecule has 0 atom stereocenters. The van der Waals surface area contributed by atoms with E-state index in [1.165, 1.54) is 18.0 Å². The first kappa shape index (κ1) is 18.8. The van der Waals surface area contributed by atoms with Gasteiger partial charge in [0.2, 0.25) is 0 Å². The highest BCUT2D eigenvalue weighted by Crippen LogP contribution is 2.28. The molecular weight excluding hydrogens is 364 g/mol. The molecule has 0 aliphatic carbocycles. The third kappa shape index (κ3) is 4.40. The topological polar surface area (TPSA) is 88.7 Å². The minimum Gasteiger partial charge on any atom is -0.504 e. The number of phenolic OH excluding ortho intramolecular Hbond substituents is 1. The zero-order valence-corrected chi connectivity index (χ0v) is 15.9. The number of imidazole rings is 1. The number of aromatic nitrogens is 2. The molecule has 27 heavy (non-hydrogen) atoms. The summed E-state index contributed by atoms with van der Waals surface area (Å²) in [5.41, 5.74) is 4.83. The maximum atomic E-state index is 12.0. The van der Waals surface area contributed by atoms with Crippen LogP contribution in [0.2, 0.25) is 0 Å². The highest BCUT2D eigenvalue weighted by Gasteiger charge is 2.10. The predicted octanol–water partition coefficient (Wildman–Crippen LogP) is 2.92. The molecule has 8 heteroatoms. The number of fused-ring (bicyclic) bond motifs is 1. The highest BCUT2D eigenvalue weighted by atomic mass is 32.2. The standard InChI is InChI=1S/C19H20N4O3S/c1-3-26-16-10-6-7-13(18(16)25)11-20-22-17(24)12-27-19-21-14-8-4-5-9-15(14)23(19)2/h4-11,25H,3,12H2,1-2H3,(H,22,24). The summed E-state index contributed by atoms with van der Waals surface area (Å²) < 4.78 is 7.27. The number of hydrogen-bond acceptors (Lipinski definition) is 6. The number of thioether (sulfide) groups is 1. The Kier molecular flexibility index (Phi) is 5.97. The van der Waals surface area contributed by atoms with Gasteiger partial charge in [-0.15, -0.1) is 0 Å². The van der Waals surface area contributed by atoms with E-state index in [-0.39, 0.29) is 17.4 Å². The number of ether oxygens (including phenoxy) is 1. The second kappa shape index (κ2) is 8.59. The van der Waals surface area contributed by atoms with E-state index in [9.17, 15) is 9.90 Å². The summed E-state index contributed by atoms with van der Waals surface area (Å²) >= 11 is 1.34. The fourth-order valence-electron chi connectivity index (χ4n) is 2.50. The van der Waals surface area contributed by atoms with Gasteiger partial charge in [-0.25, -0.2) is 10.4 Å². The van der Waals surface area contributed by atoms with E-state index in [1.807, 2.05) is 42.8 Å². The lowest BCUT2D eigenvalue weighted by molar-refractivity contribution is -0.118. The van der Waals surface area contributed by atoms with E-state index < -0.39 is 0 Å². The van der Waals surface area contributed by atoms with Crippen LogP contribution < -0.4 is 10.2 Å². The van der Waals surface area contributed by atoms with E-state index in [2.05, 4.69) is 15.5 Å². The van der Waals surface area contributed by atoms with Crippen molar-refractivity contribution in [1.82, 2.24) is 15.0 Å². The lowest BCUT2D eigenvalue weighted by Crippen LogP contribution is -2.19. The number of carbonyl (C=O) groups is 1. The molecule has 0 bridgehead atoms. The first-order valence-electron chi connectivity index (χ1n) is 8.41. The predicted molar refractivity (Wildman–Crippen MR) is 106 cm³/mol. The van der Waals surface area contributed by atoms with Gasteiger partial charge in [0.25, 0.3) is 5.91 Å². The average Bonchev–Trinajstić information content (AvgIpc) is 2.99. The summed E-state index contributed by atoms with van der Waals surface area (Å²) in [6, 6.07) is 12.9. The summed E-state index contributed by atoms with van der Waals surface area (Å²) in [7, 11) is 1.92. The van der Waals surface area contributed by atoms with Crippen LogP contribution in [0, 0.1) is 0 Å². The van der Waals surface area contributed by atoms with Crippen LogP contribution in [0.4, 0.5) is 0 Å². The van der Waals surface area contributed by atoms with Crippen LogP contribution in [-0.2, 0) is 11.8 Å². The van der Waals surface area contributed by atoms with Gasteiger partial charge in [0.05, 0.1) is 29.6 Å². The van der Waals surface area contributed by atoms with Gasteiger partial charge in [-0.05, 0) is 31.2 Å². The molecule has 0 fully saturated rings. The van der Waals surface area contributed by atoms with Crippen molar-refractivity contribution in [2.75, 3.05) is 12.4 Å². The van der Waals surface area contributed by atoms with Gasteiger partial charge in [0.15, 0.2) is 16.7 Å². The van der Waals surface area contributed by atoms with Crippen LogP contribution in [-0.4, -0.2) is 39.1 Å². The van der Waals surface area contributed by atoms with E-state index in [1.54, 1.807) is 18.2 Å². The van der Waals surface area contributed by atoms with Crippen molar-refractivity contribution in [3.63, 3.8) is 0 Å². The lowest BCUT2D eigenvalue weighted by Gasteiger charge is -2.07. The summed E-state index contributed by atoms with van der Waals surface area (Å²) in [6.45, 7) is 2.28. The normalized spacial score (nSPS) is 11.2. The monoisotopic (exact) mass is 384 g/mol. The molecule has 3 aromatic rings. The van der Waals surface area contributed by atoms with E-state index in [0.29, 0.717) is 17.9 Å². The second-order valence-corrected chi connectivity index (χ2v) is 6.59. The van der Waals surface area contributed by atoms with Gasteiger partial charge in [0, 0.05) is 12.6 Å². The molecule has 2 N–H and O–H groups in total. The summed E-state index contributed by atoms with van der Waals surface area (Å²) in [5, 5.41) is 14.8. The van der Waals surface area contributed by atoms with Crippen LogP contribution in [0.15, 0.2) is 52.7 Å². The number of aryl methyl sites for hydroxylation is 1. The van der Waals surface area contributed by atoms with E-state index in [4.69, 9.17) is 4.74 Å². The molecule has 1 heterocycles. The summed E-state index contributed by atoms with van der Waals surface area (Å²) in [6.07, 6.45) is 1.38. The first-order chi connectivity index (χ1) is 13.1. The summed E-state index contributed by atoms with van der Waals surface area (Å²) in [4.78, 5) is 16.5. The molecule has 0 aliphatic rings. The Balaban J connectivity index is 1.57. The number of aromatic hydroxyl groups is 1. The molecule has 0 aliphatic heterocycles. The van der Waals surface area contributed by atoms with Gasteiger partial charge in [-0.1, -0.05) is 30.0 Å². The Morgan fingerprint density at radius 3 is 2.93 bits per heavy atom. The minimum absolute atomic E-state index is 0.00794. The van der Waals surface area contributed by atoms with Crippen molar-refractivity contribution in [2.45, 2.75) is 12.1 Å². The van der Waals surface area contributed by atoms with Gasteiger partial charge in [-0.2, -0.15) is 5.10 Å². The molecule has 1 aromatic heterocycles. The Morgan fingerprint density at radius 1 is 1.33 bits per heavy atom. The number of benzene rings is 2. The van der Waals surface area contributed by atoms with Crippen molar-refractivity contribution in [3.05, 3.63) is 48.0 Å². The fraction of sp³-hybridized carbons (Fsp3) is 0.211. The zero-order valence-electron chi connectivity index (χ0n) is 15.0. The zero-order chi connectivity index (χ0) is 19.2. The van der Waals surface area contributed by atoms with Gasteiger partial charge in [0.1, 0.15) is 0 Å². The molecule has 140 valence electrons. The fourth-order valence-corrected chi connectivity index (χ4v) is 3.28. The Morgan fingerprint density at radius 2 is 2.15 bits per heavy atom. The maximum absolute atomic E-state index is 12.0. The first-order valence-corrected chi connectivity index (χ1v) is 9.39. The van der Waals surface area contributed by atoms with E-state index in [0.717, 1.165) is 16.2 Å². The Hall–Kier alpha value is -3.00. The lowest BCUT2D eigenvalue weighted by atomic mass is 10.2. The molecule has 2 aromatic carbocycles. The number of hydrogen-bond donors (Lipinski definition) is 2. The van der Waals surface area contributed by atoms with Gasteiger partial charge < -0.3 is 14.4 Å². The largest absolute Gasteiger partial charge is 0.504 e. The van der Waals surface area contributed by atoms with Crippen LogP contribution in [0.5, 0.6) is 11.5 Å². The number of carbonyl (C=O) groups excluding carboxylic acids is 1. The number of nitrogens with one attached hydrogen (secondary N) is 1. The summed E-state index contributed by atoms with van der Waals surface area (Å²) in [5.74, 6) is 0.291. The molecule has 0 spiro atoms. The average molecular weight is 384 g/mol. The highest BCUT2D eigenvalue weighted by molar-refractivity contribution is 7.99. The number of para-hydroxylation sites is 3. The number of hydrazone groups is 1. The molecule has 0 radical (unpaired) electrons. The number of amides is 1. The third-order valence-corrected chi connectivity index (χ3v) is 4.83. The number of phenols is 1. The molecule has 0 unspecified atom stereocenters. The molecule has 0 saturated carbocycles. The van der Waals surface area contributed by atoms with Crippen LogP contribution >= 0.6 is 11.8 Å². The maximum Gasteiger partial charge on any atom is 0.250 e. The molecule has 0 saturated heterocycles. The smallest absolute Gasteiger partial charge is 0.250 e.